The maximum absolute atomic E-state index is 15.3. The Balaban J connectivity index is 0.898. The molecule has 2 saturated carbocycles. The molecule has 14 heteroatoms. The first-order chi connectivity index (χ1) is 23.5. The first-order valence-electron chi connectivity index (χ1n) is 18.9. The number of ether oxygens (including phenoxy) is 7. The molecular weight excluding hydrogens is 665 g/mol. The van der Waals surface area contributed by atoms with E-state index in [1.165, 1.54) is 0 Å². The fraction of sp³-hybridized carbons (Fsp3) is 1.00. The van der Waals surface area contributed by atoms with Gasteiger partial charge in [0.2, 0.25) is 11.6 Å². The van der Waals surface area contributed by atoms with Crippen molar-refractivity contribution in [3.8, 4) is 0 Å². The number of hydrogen-bond donors (Lipinski definition) is 0. The molecule has 9 heterocycles. The summed E-state index contributed by atoms with van der Waals surface area (Å²) in [4.78, 5) is 24.0. The monoisotopic (exact) mass is 718 g/mol. The molecule has 0 N–H and O–H groups in total. The molecule has 18 atom stereocenters. The molecule has 11 aliphatic rings. The van der Waals surface area contributed by atoms with Crippen LogP contribution < -0.4 is 0 Å². The lowest BCUT2D eigenvalue weighted by Crippen LogP contribution is -2.76. The van der Waals surface area contributed by atoms with Crippen LogP contribution >= 0.6 is 0 Å². The molecule has 0 aromatic rings. The fourth-order valence-corrected chi connectivity index (χ4v) is 11.7. The van der Waals surface area contributed by atoms with Crippen LogP contribution in [0.3, 0.4) is 0 Å². The zero-order valence-electron chi connectivity index (χ0n) is 30.1. The first kappa shape index (κ1) is 35.1. The van der Waals surface area contributed by atoms with Crippen molar-refractivity contribution >= 4 is 0 Å². The molecule has 2 aliphatic carbocycles. The Hall–Kier alpha value is -0.650. The fourth-order valence-electron chi connectivity index (χ4n) is 11.7. The van der Waals surface area contributed by atoms with Crippen molar-refractivity contribution in [3.63, 3.8) is 0 Å². The summed E-state index contributed by atoms with van der Waals surface area (Å²) in [6, 6.07) is 0. The Kier molecular flexibility index (Phi) is 7.86. The van der Waals surface area contributed by atoms with Gasteiger partial charge < -0.3 is 33.2 Å². The number of epoxide rings is 1. The van der Waals surface area contributed by atoms with Crippen LogP contribution in [0.5, 0.6) is 0 Å². The standard InChI is InChI=1S/C36H53F3O11/c1-18-8-10-24-20(3)32(7,45-28-33(24)22(18)12-14-30(5,43-28)47-49-33)40-16-26-27(42-26)17-41-35(36(37,38)39)21(4)25-11-9-19(2)23-13-15-31(6)44-29(46-35)34(23,25)50-48-31/h18-29H,8-17H2,1-7H3/t18-,19-,20-,21-,22+,23+,24+,25+,26+,27?,28+,29+,30+,31+,32+,33-,34-,35-/m1/s1. The average molecular weight is 719 g/mol. The molecule has 0 aromatic heterocycles. The van der Waals surface area contributed by atoms with Crippen LogP contribution in [0.25, 0.3) is 0 Å². The highest BCUT2D eigenvalue weighted by Gasteiger charge is 2.78. The van der Waals surface area contributed by atoms with E-state index in [0.717, 1.165) is 25.7 Å². The Bertz CT molecular complexity index is 1360. The summed E-state index contributed by atoms with van der Waals surface area (Å²) in [5.41, 5.74) is -1.87. The molecule has 9 aliphatic heterocycles. The van der Waals surface area contributed by atoms with E-state index in [0.29, 0.717) is 31.6 Å². The second kappa shape index (κ2) is 11.2. The third kappa shape index (κ3) is 4.75. The highest BCUT2D eigenvalue weighted by molar-refractivity contribution is 5.13. The summed E-state index contributed by atoms with van der Waals surface area (Å²) in [7, 11) is 0. The Morgan fingerprint density at radius 2 is 1.08 bits per heavy atom. The van der Waals surface area contributed by atoms with Crippen molar-refractivity contribution in [2.75, 3.05) is 13.2 Å². The lowest BCUT2D eigenvalue weighted by Gasteiger charge is -2.62. The van der Waals surface area contributed by atoms with Crippen molar-refractivity contribution in [2.24, 2.45) is 47.3 Å². The van der Waals surface area contributed by atoms with E-state index in [9.17, 15) is 0 Å². The van der Waals surface area contributed by atoms with Gasteiger partial charge in [-0.25, -0.2) is 19.6 Å². The zero-order valence-corrected chi connectivity index (χ0v) is 30.1. The maximum atomic E-state index is 15.3. The number of hydrogen-bond acceptors (Lipinski definition) is 11. The minimum atomic E-state index is -4.85. The molecular formula is C36H53F3O11. The van der Waals surface area contributed by atoms with Gasteiger partial charge >= 0.3 is 6.18 Å². The predicted octanol–water partition coefficient (Wildman–Crippen LogP) is 6.53. The van der Waals surface area contributed by atoms with Gasteiger partial charge in [-0.3, -0.25) is 0 Å². The van der Waals surface area contributed by atoms with Crippen LogP contribution in [0.15, 0.2) is 0 Å². The van der Waals surface area contributed by atoms with Crippen molar-refractivity contribution in [2.45, 2.75) is 165 Å². The average Bonchev–Trinajstić information content (AvgIpc) is 3.87. The molecule has 2 spiro atoms. The summed E-state index contributed by atoms with van der Waals surface area (Å²) in [5, 5.41) is 0. The van der Waals surface area contributed by atoms with Crippen molar-refractivity contribution in [1.29, 1.82) is 0 Å². The van der Waals surface area contributed by atoms with E-state index in [1.54, 1.807) is 13.8 Å². The molecule has 11 nitrogen and oxygen atoms in total. The molecule has 0 aromatic carbocycles. The van der Waals surface area contributed by atoms with Crippen LogP contribution in [0.1, 0.15) is 99.8 Å². The molecule has 0 radical (unpaired) electrons. The largest absolute Gasteiger partial charge is 0.443 e. The third-order valence-corrected chi connectivity index (χ3v) is 14.9. The molecule has 9 saturated heterocycles. The number of alkyl halides is 3. The molecule has 1 unspecified atom stereocenters. The quantitative estimate of drug-likeness (QED) is 0.221. The van der Waals surface area contributed by atoms with Gasteiger partial charge in [0.25, 0.3) is 5.79 Å². The van der Waals surface area contributed by atoms with Gasteiger partial charge in [-0.05, 0) is 83.0 Å². The zero-order chi connectivity index (χ0) is 35.3. The molecule has 50 heavy (non-hydrogen) atoms. The molecule has 0 amide bonds. The topological polar surface area (TPSA) is 105 Å². The first-order valence-corrected chi connectivity index (χ1v) is 18.9. The lowest BCUT2D eigenvalue weighted by atomic mass is 9.57. The van der Waals surface area contributed by atoms with Crippen LogP contribution in [-0.4, -0.2) is 78.5 Å². The summed E-state index contributed by atoms with van der Waals surface area (Å²) in [6.07, 6.45) is -1.81. The Morgan fingerprint density at radius 1 is 0.580 bits per heavy atom. The van der Waals surface area contributed by atoms with Crippen molar-refractivity contribution < 1.29 is 65.9 Å². The van der Waals surface area contributed by atoms with E-state index in [-0.39, 0.29) is 42.8 Å². The minimum absolute atomic E-state index is 0.0645. The van der Waals surface area contributed by atoms with Gasteiger partial charge in [-0.15, -0.1) is 0 Å². The smallest absolute Gasteiger partial charge is 0.365 e. The summed E-state index contributed by atoms with van der Waals surface area (Å²) < 4.78 is 89.5. The SMILES string of the molecule is C[C@@H]1CC[C@H]2[C@@H](C)[C@@](C)(OC[C@@H]3OC3CO[C@@]3(C(F)(F)F)O[C@@H]4O[C@]5(C)CC[C@H]6[C@H](C)CC[C@@H]([C@H]3C)[C@@]46OO5)O[C@@H]3O[C@]4(C)CC[C@@H]1[C@]32OO4. The Labute approximate surface area is 291 Å². The Morgan fingerprint density at radius 3 is 1.62 bits per heavy atom. The summed E-state index contributed by atoms with van der Waals surface area (Å²) >= 11 is 0. The highest BCUT2D eigenvalue weighted by atomic mass is 19.4. The lowest BCUT2D eigenvalue weighted by molar-refractivity contribution is -0.599. The van der Waals surface area contributed by atoms with Crippen LogP contribution in [-0.2, 0) is 52.7 Å². The third-order valence-electron chi connectivity index (χ3n) is 14.9. The van der Waals surface area contributed by atoms with Gasteiger partial charge in [0.15, 0.2) is 29.6 Å². The van der Waals surface area contributed by atoms with Crippen LogP contribution in [0.4, 0.5) is 13.2 Å². The van der Waals surface area contributed by atoms with Gasteiger partial charge in [-0.2, -0.15) is 13.2 Å². The van der Waals surface area contributed by atoms with Crippen molar-refractivity contribution in [3.05, 3.63) is 0 Å². The van der Waals surface area contributed by atoms with Crippen molar-refractivity contribution in [1.82, 2.24) is 0 Å². The van der Waals surface area contributed by atoms with E-state index < -0.39 is 77.2 Å². The van der Waals surface area contributed by atoms with Gasteiger partial charge in [0.1, 0.15) is 12.2 Å². The van der Waals surface area contributed by atoms with E-state index in [1.807, 2.05) is 13.8 Å². The predicted molar refractivity (Wildman–Crippen MR) is 164 cm³/mol. The number of halogens is 3. The normalized spacial score (nSPS) is 59.6. The minimum Gasteiger partial charge on any atom is -0.365 e. The van der Waals surface area contributed by atoms with Gasteiger partial charge in [-0.1, -0.05) is 27.7 Å². The highest BCUT2D eigenvalue weighted by Crippen LogP contribution is 2.65. The van der Waals surface area contributed by atoms with E-state index in [2.05, 4.69) is 20.8 Å². The molecule has 11 fully saturated rings. The molecule has 11 rings (SSSR count). The van der Waals surface area contributed by atoms with E-state index >= 15 is 13.2 Å². The second-order valence-corrected chi connectivity index (χ2v) is 17.6. The summed E-state index contributed by atoms with van der Waals surface area (Å²) in [6.45, 7) is 13.3. The summed E-state index contributed by atoms with van der Waals surface area (Å²) in [5.74, 6) is -6.94. The van der Waals surface area contributed by atoms with Gasteiger partial charge in [0, 0.05) is 36.5 Å². The van der Waals surface area contributed by atoms with Crippen LogP contribution in [0.2, 0.25) is 0 Å². The van der Waals surface area contributed by atoms with Gasteiger partial charge in [0.05, 0.1) is 13.2 Å². The molecule has 4 bridgehead atoms. The van der Waals surface area contributed by atoms with Crippen LogP contribution in [0, 0.1) is 47.3 Å². The maximum Gasteiger partial charge on any atom is 0.443 e. The number of fused-ring (bicyclic) bond motifs is 4. The van der Waals surface area contributed by atoms with E-state index in [4.69, 9.17) is 52.7 Å². The molecule has 284 valence electrons. The second-order valence-electron chi connectivity index (χ2n) is 17.6. The number of rotatable bonds is 6.